The summed E-state index contributed by atoms with van der Waals surface area (Å²) in [6.07, 6.45) is 1.71. The van der Waals surface area contributed by atoms with E-state index in [1.54, 1.807) is 30.3 Å². The summed E-state index contributed by atoms with van der Waals surface area (Å²) >= 11 is 0. The number of hydrogen-bond acceptors (Lipinski definition) is 5. The van der Waals surface area contributed by atoms with Gasteiger partial charge in [0.2, 0.25) is 11.5 Å². The SMILES string of the molecule is CC(C)c1ccc(/C=C2\Oc3cc(OC(=O)c4cc5ccccc5o4)ccc3C2=O)cc1. The Morgan fingerprint density at radius 3 is 2.50 bits per heavy atom. The molecule has 2 heterocycles. The van der Waals surface area contributed by atoms with E-state index in [9.17, 15) is 9.59 Å². The van der Waals surface area contributed by atoms with Gasteiger partial charge in [0.15, 0.2) is 5.76 Å². The van der Waals surface area contributed by atoms with Crippen LogP contribution in [0.1, 0.15) is 51.8 Å². The number of para-hydroxylation sites is 1. The zero-order valence-corrected chi connectivity index (χ0v) is 17.6. The summed E-state index contributed by atoms with van der Waals surface area (Å²) in [6.45, 7) is 4.26. The van der Waals surface area contributed by atoms with E-state index in [0.29, 0.717) is 22.8 Å². The van der Waals surface area contributed by atoms with Crippen molar-refractivity contribution in [2.45, 2.75) is 19.8 Å². The van der Waals surface area contributed by atoms with Gasteiger partial charge in [-0.2, -0.15) is 0 Å². The summed E-state index contributed by atoms with van der Waals surface area (Å²) in [5.41, 5.74) is 3.14. The molecule has 0 radical (unpaired) electrons. The van der Waals surface area contributed by atoms with Crippen molar-refractivity contribution in [2.24, 2.45) is 0 Å². The molecule has 0 amide bonds. The molecular weight excluding hydrogens is 404 g/mol. The average molecular weight is 424 g/mol. The molecule has 0 spiro atoms. The fourth-order valence-corrected chi connectivity index (χ4v) is 3.60. The van der Waals surface area contributed by atoms with Crippen molar-refractivity contribution in [3.05, 3.63) is 101 Å². The highest BCUT2D eigenvalue weighted by molar-refractivity contribution is 6.14. The molecule has 4 aromatic rings. The maximum atomic E-state index is 12.7. The maximum absolute atomic E-state index is 12.7. The first kappa shape index (κ1) is 19.8. The summed E-state index contributed by atoms with van der Waals surface area (Å²) in [4.78, 5) is 25.2. The van der Waals surface area contributed by atoms with Crippen molar-refractivity contribution < 1.29 is 23.5 Å². The van der Waals surface area contributed by atoms with E-state index in [0.717, 1.165) is 10.9 Å². The molecule has 1 aliphatic rings. The van der Waals surface area contributed by atoms with E-state index in [1.807, 2.05) is 42.5 Å². The highest BCUT2D eigenvalue weighted by atomic mass is 16.5. The number of allylic oxidation sites excluding steroid dienone is 1. The lowest BCUT2D eigenvalue weighted by atomic mass is 10.0. The predicted molar refractivity (Wildman–Crippen MR) is 121 cm³/mol. The monoisotopic (exact) mass is 424 g/mol. The van der Waals surface area contributed by atoms with Gasteiger partial charge in [-0.3, -0.25) is 4.79 Å². The molecule has 0 unspecified atom stereocenters. The van der Waals surface area contributed by atoms with Crippen LogP contribution in [0.25, 0.3) is 17.0 Å². The van der Waals surface area contributed by atoms with Crippen LogP contribution in [0.4, 0.5) is 0 Å². The Kier molecular flexibility index (Phi) is 4.86. The number of esters is 1. The first-order valence-corrected chi connectivity index (χ1v) is 10.4. The highest BCUT2D eigenvalue weighted by Gasteiger charge is 2.28. The fourth-order valence-electron chi connectivity index (χ4n) is 3.60. The molecule has 0 aliphatic carbocycles. The molecule has 3 aromatic carbocycles. The van der Waals surface area contributed by atoms with E-state index in [1.165, 1.54) is 11.6 Å². The number of hydrogen-bond donors (Lipinski definition) is 0. The molecule has 5 rings (SSSR count). The van der Waals surface area contributed by atoms with Crippen molar-refractivity contribution >= 4 is 28.8 Å². The third-order valence-electron chi connectivity index (χ3n) is 5.38. The van der Waals surface area contributed by atoms with Crippen LogP contribution in [-0.2, 0) is 0 Å². The van der Waals surface area contributed by atoms with Gasteiger partial charge in [0.1, 0.15) is 17.1 Å². The summed E-state index contributed by atoms with van der Waals surface area (Å²) in [6, 6.07) is 21.7. The molecule has 32 heavy (non-hydrogen) atoms. The minimum atomic E-state index is -0.619. The molecule has 5 nitrogen and oxygen atoms in total. The molecule has 1 aromatic heterocycles. The molecule has 0 saturated heterocycles. The summed E-state index contributed by atoms with van der Waals surface area (Å²) < 4.78 is 16.8. The zero-order valence-electron chi connectivity index (χ0n) is 17.6. The minimum Gasteiger partial charge on any atom is -0.452 e. The van der Waals surface area contributed by atoms with E-state index in [4.69, 9.17) is 13.9 Å². The smallest absolute Gasteiger partial charge is 0.379 e. The third-order valence-corrected chi connectivity index (χ3v) is 5.38. The van der Waals surface area contributed by atoms with Gasteiger partial charge in [0.05, 0.1) is 5.56 Å². The van der Waals surface area contributed by atoms with Gasteiger partial charge >= 0.3 is 5.97 Å². The largest absolute Gasteiger partial charge is 0.452 e. The number of ketones is 1. The molecule has 158 valence electrons. The number of fused-ring (bicyclic) bond motifs is 2. The lowest BCUT2D eigenvalue weighted by Gasteiger charge is -2.05. The van der Waals surface area contributed by atoms with Crippen molar-refractivity contribution in [2.75, 3.05) is 0 Å². The molecule has 0 bridgehead atoms. The van der Waals surface area contributed by atoms with Crippen LogP contribution in [0, 0.1) is 0 Å². The minimum absolute atomic E-state index is 0.106. The third kappa shape index (κ3) is 3.69. The summed E-state index contributed by atoms with van der Waals surface area (Å²) in [5, 5.41) is 0.818. The Labute approximate surface area is 184 Å². The van der Waals surface area contributed by atoms with E-state index < -0.39 is 5.97 Å². The van der Waals surface area contributed by atoms with Gasteiger partial charge in [-0.25, -0.2) is 4.79 Å². The zero-order chi connectivity index (χ0) is 22.2. The van der Waals surface area contributed by atoms with Crippen molar-refractivity contribution in [1.29, 1.82) is 0 Å². The number of carbonyl (C=O) groups is 2. The van der Waals surface area contributed by atoms with Gasteiger partial charge in [-0.05, 0) is 47.4 Å². The van der Waals surface area contributed by atoms with Crippen molar-refractivity contribution in [3.63, 3.8) is 0 Å². The van der Waals surface area contributed by atoms with Crippen LogP contribution in [-0.4, -0.2) is 11.8 Å². The Hall–Kier alpha value is -4.12. The Morgan fingerprint density at radius 1 is 0.969 bits per heavy atom. The predicted octanol–water partition coefficient (Wildman–Crippen LogP) is 6.39. The van der Waals surface area contributed by atoms with Crippen LogP contribution < -0.4 is 9.47 Å². The first-order valence-electron chi connectivity index (χ1n) is 10.4. The quantitative estimate of drug-likeness (QED) is 0.216. The summed E-state index contributed by atoms with van der Waals surface area (Å²) in [7, 11) is 0. The van der Waals surface area contributed by atoms with Gasteiger partial charge in [0.25, 0.3) is 0 Å². The van der Waals surface area contributed by atoms with Crippen LogP contribution in [0.5, 0.6) is 11.5 Å². The topological polar surface area (TPSA) is 65.7 Å². The van der Waals surface area contributed by atoms with Crippen molar-refractivity contribution in [1.82, 2.24) is 0 Å². The lowest BCUT2D eigenvalue weighted by Crippen LogP contribution is -2.07. The maximum Gasteiger partial charge on any atom is 0.379 e. The lowest BCUT2D eigenvalue weighted by molar-refractivity contribution is 0.0703. The van der Waals surface area contributed by atoms with E-state index in [2.05, 4.69) is 13.8 Å². The van der Waals surface area contributed by atoms with Gasteiger partial charge in [-0.1, -0.05) is 56.3 Å². The second-order valence-corrected chi connectivity index (χ2v) is 7.96. The molecular formula is C27H20O5. The van der Waals surface area contributed by atoms with Crippen LogP contribution >= 0.6 is 0 Å². The second kappa shape index (κ2) is 7.85. The van der Waals surface area contributed by atoms with Crippen LogP contribution in [0.2, 0.25) is 0 Å². The van der Waals surface area contributed by atoms with Crippen LogP contribution in [0.3, 0.4) is 0 Å². The Bertz CT molecular complexity index is 1340. The van der Waals surface area contributed by atoms with E-state index >= 15 is 0 Å². The number of Topliss-reactive ketones (excluding diaryl/α,β-unsaturated/α-hetero) is 1. The molecule has 0 atom stereocenters. The van der Waals surface area contributed by atoms with Gasteiger partial charge in [-0.15, -0.1) is 0 Å². The Balaban J connectivity index is 1.35. The van der Waals surface area contributed by atoms with Crippen molar-refractivity contribution in [3.8, 4) is 11.5 Å². The molecule has 0 saturated carbocycles. The number of furan rings is 1. The number of carbonyl (C=O) groups excluding carboxylic acids is 2. The number of ether oxygens (including phenoxy) is 2. The van der Waals surface area contributed by atoms with Crippen LogP contribution in [0.15, 0.2) is 83.0 Å². The fraction of sp³-hybridized carbons (Fsp3) is 0.111. The molecule has 1 aliphatic heterocycles. The van der Waals surface area contributed by atoms with Gasteiger partial charge in [0, 0.05) is 11.5 Å². The van der Waals surface area contributed by atoms with E-state index in [-0.39, 0.29) is 23.1 Å². The Morgan fingerprint density at radius 2 is 1.75 bits per heavy atom. The normalized spacial score (nSPS) is 14.1. The molecule has 0 N–H and O–H groups in total. The average Bonchev–Trinajstić information content (AvgIpc) is 3.35. The van der Waals surface area contributed by atoms with Gasteiger partial charge < -0.3 is 13.9 Å². The highest BCUT2D eigenvalue weighted by Crippen LogP contribution is 2.35. The number of rotatable bonds is 4. The first-order chi connectivity index (χ1) is 15.5. The standard InChI is InChI=1S/C27H20O5/c1-16(2)18-9-7-17(8-10-18)13-24-26(28)21-12-11-20(15-23(21)32-24)30-27(29)25-14-19-5-3-4-6-22(19)31-25/h3-16H,1-2H3/b24-13-. The molecule has 5 heteroatoms. The molecule has 0 fully saturated rings. The number of benzene rings is 3. The second-order valence-electron chi connectivity index (χ2n) is 7.96. The summed E-state index contributed by atoms with van der Waals surface area (Å²) in [5.74, 6) is 0.576.